The van der Waals surface area contributed by atoms with Gasteiger partial charge in [-0.3, -0.25) is 0 Å². The van der Waals surface area contributed by atoms with E-state index in [0.29, 0.717) is 0 Å². The molecule has 2 N–H and O–H groups in total. The highest BCUT2D eigenvalue weighted by atomic mass is 32.1. The van der Waals surface area contributed by atoms with Gasteiger partial charge in [-0.25, -0.2) is 0 Å². The Balaban J connectivity index is 2.02. The molecule has 1 saturated heterocycles. The molecule has 1 fully saturated rings. The monoisotopic (exact) mass is 184 g/mol. The first-order valence-electron chi connectivity index (χ1n) is 4.04. The predicted molar refractivity (Wildman–Crippen MR) is 49.4 cm³/mol. The maximum absolute atomic E-state index is 3.95. The zero-order valence-corrected chi connectivity index (χ0v) is 7.82. The average molecular weight is 184 g/mol. The third-order valence-corrected chi connectivity index (χ3v) is 2.74. The Morgan fingerprint density at radius 1 is 1.75 bits per heavy atom. The molecule has 2 rings (SSSR count). The second kappa shape index (κ2) is 2.99. The summed E-state index contributed by atoms with van der Waals surface area (Å²) in [4.78, 5) is 0. The summed E-state index contributed by atoms with van der Waals surface area (Å²) in [6.07, 6.45) is 1.15. The second-order valence-electron chi connectivity index (χ2n) is 3.36. The molecule has 66 valence electrons. The lowest BCUT2D eigenvalue weighted by atomic mass is 10.0. The minimum absolute atomic E-state index is 0.166. The van der Waals surface area contributed by atoms with Crippen molar-refractivity contribution in [3.8, 4) is 0 Å². The van der Waals surface area contributed by atoms with Crippen LogP contribution < -0.4 is 10.6 Å². The van der Waals surface area contributed by atoms with Gasteiger partial charge in [0.15, 0.2) is 0 Å². The van der Waals surface area contributed by atoms with E-state index in [1.807, 2.05) is 0 Å². The smallest absolute Gasteiger partial charge is 0.205 e. The van der Waals surface area contributed by atoms with E-state index < -0.39 is 0 Å². The number of aromatic nitrogens is 2. The molecule has 1 aromatic rings. The largest absolute Gasteiger partial charge is 0.354 e. The van der Waals surface area contributed by atoms with Gasteiger partial charge in [-0.2, -0.15) is 0 Å². The number of hydrogen-bond acceptors (Lipinski definition) is 5. The maximum Gasteiger partial charge on any atom is 0.205 e. The molecule has 1 aliphatic heterocycles. The first-order valence-corrected chi connectivity index (χ1v) is 4.92. The van der Waals surface area contributed by atoms with Gasteiger partial charge in [0.1, 0.15) is 5.51 Å². The molecule has 1 atom stereocenters. The van der Waals surface area contributed by atoms with Crippen LogP contribution in [0.2, 0.25) is 0 Å². The van der Waals surface area contributed by atoms with Crippen LogP contribution in [0.4, 0.5) is 5.13 Å². The Bertz CT molecular complexity index is 240. The van der Waals surface area contributed by atoms with E-state index in [2.05, 4.69) is 27.8 Å². The van der Waals surface area contributed by atoms with Crippen LogP contribution >= 0.6 is 11.3 Å². The number of hydrogen-bond donors (Lipinski definition) is 2. The zero-order valence-electron chi connectivity index (χ0n) is 7.00. The summed E-state index contributed by atoms with van der Waals surface area (Å²) < 4.78 is 0. The van der Waals surface area contributed by atoms with E-state index in [4.69, 9.17) is 0 Å². The third kappa shape index (κ3) is 1.56. The maximum atomic E-state index is 3.95. The fourth-order valence-corrected chi connectivity index (χ4v) is 2.00. The van der Waals surface area contributed by atoms with Crippen LogP contribution in [0.5, 0.6) is 0 Å². The summed E-state index contributed by atoms with van der Waals surface area (Å²) >= 11 is 1.55. The van der Waals surface area contributed by atoms with E-state index in [0.717, 1.165) is 24.6 Å². The van der Waals surface area contributed by atoms with Gasteiger partial charge in [0.25, 0.3) is 0 Å². The Kier molecular flexibility index (Phi) is 1.98. The molecule has 1 aliphatic rings. The molecule has 0 aliphatic carbocycles. The first kappa shape index (κ1) is 7.94. The Hall–Kier alpha value is -0.680. The zero-order chi connectivity index (χ0) is 8.44. The van der Waals surface area contributed by atoms with Gasteiger partial charge >= 0.3 is 0 Å². The highest BCUT2D eigenvalue weighted by Gasteiger charge is 2.28. The minimum atomic E-state index is 0.166. The van der Waals surface area contributed by atoms with Crippen LogP contribution in [0.3, 0.4) is 0 Å². The molecule has 0 spiro atoms. The summed E-state index contributed by atoms with van der Waals surface area (Å²) in [6.45, 7) is 4.29. The van der Waals surface area contributed by atoms with Gasteiger partial charge in [-0.15, -0.1) is 10.2 Å². The minimum Gasteiger partial charge on any atom is -0.354 e. The Morgan fingerprint density at radius 2 is 2.67 bits per heavy atom. The molecule has 5 heteroatoms. The van der Waals surface area contributed by atoms with Crippen molar-refractivity contribution >= 4 is 16.5 Å². The molecule has 12 heavy (non-hydrogen) atoms. The summed E-state index contributed by atoms with van der Waals surface area (Å²) in [5.41, 5.74) is 1.91. The summed E-state index contributed by atoms with van der Waals surface area (Å²) in [5, 5.41) is 15.4. The SMILES string of the molecule is CC1(Nc2nncs2)CCNC1. The quantitative estimate of drug-likeness (QED) is 0.710. The van der Waals surface area contributed by atoms with Gasteiger partial charge in [-0.05, 0) is 19.9 Å². The molecular weight excluding hydrogens is 172 g/mol. The number of nitrogens with one attached hydrogen (secondary N) is 2. The molecule has 1 unspecified atom stereocenters. The number of nitrogens with zero attached hydrogens (tertiary/aromatic N) is 2. The first-order chi connectivity index (χ1) is 5.79. The van der Waals surface area contributed by atoms with Crippen molar-refractivity contribution in [2.75, 3.05) is 18.4 Å². The topological polar surface area (TPSA) is 49.8 Å². The molecule has 0 bridgehead atoms. The second-order valence-corrected chi connectivity index (χ2v) is 4.19. The van der Waals surface area contributed by atoms with Crippen molar-refractivity contribution in [2.24, 2.45) is 0 Å². The summed E-state index contributed by atoms with van der Waals surface area (Å²) in [5.74, 6) is 0. The fraction of sp³-hybridized carbons (Fsp3) is 0.714. The predicted octanol–water partition coefficient (Wildman–Crippen LogP) is 0.702. The van der Waals surface area contributed by atoms with Crippen molar-refractivity contribution in [1.29, 1.82) is 0 Å². The molecule has 2 heterocycles. The summed E-state index contributed by atoms with van der Waals surface area (Å²) in [6, 6.07) is 0. The van der Waals surface area contributed by atoms with Crippen molar-refractivity contribution < 1.29 is 0 Å². The summed E-state index contributed by atoms with van der Waals surface area (Å²) in [7, 11) is 0. The standard InChI is InChI=1S/C7H12N4S/c1-7(2-3-8-4-7)10-6-11-9-5-12-6/h5,8H,2-4H2,1H3,(H,10,11). The highest BCUT2D eigenvalue weighted by Crippen LogP contribution is 2.21. The van der Waals surface area contributed by atoms with E-state index in [9.17, 15) is 0 Å². The Labute approximate surface area is 75.4 Å². The van der Waals surface area contributed by atoms with Crippen LogP contribution in [0.15, 0.2) is 5.51 Å². The van der Waals surface area contributed by atoms with Crippen molar-refractivity contribution in [3.63, 3.8) is 0 Å². The third-order valence-electron chi connectivity index (χ3n) is 2.14. The lowest BCUT2D eigenvalue weighted by Crippen LogP contribution is -2.36. The van der Waals surface area contributed by atoms with E-state index >= 15 is 0 Å². The molecular formula is C7H12N4S. The highest BCUT2D eigenvalue weighted by molar-refractivity contribution is 7.13. The number of anilines is 1. The van der Waals surface area contributed by atoms with Gasteiger partial charge in [0.2, 0.25) is 5.13 Å². The molecule has 1 aromatic heterocycles. The molecule has 0 amide bonds. The van der Waals surface area contributed by atoms with E-state index in [-0.39, 0.29) is 5.54 Å². The Morgan fingerprint density at radius 3 is 3.25 bits per heavy atom. The van der Waals surface area contributed by atoms with Crippen molar-refractivity contribution in [2.45, 2.75) is 18.9 Å². The van der Waals surface area contributed by atoms with Crippen LogP contribution in [0, 0.1) is 0 Å². The van der Waals surface area contributed by atoms with Gasteiger partial charge in [0.05, 0.1) is 5.54 Å². The van der Waals surface area contributed by atoms with Crippen LogP contribution in [-0.2, 0) is 0 Å². The lowest BCUT2D eigenvalue weighted by molar-refractivity contribution is 0.565. The van der Waals surface area contributed by atoms with Crippen LogP contribution in [0.25, 0.3) is 0 Å². The molecule has 0 aromatic carbocycles. The van der Waals surface area contributed by atoms with Gasteiger partial charge in [0, 0.05) is 6.54 Å². The average Bonchev–Trinajstić information content (AvgIpc) is 2.62. The van der Waals surface area contributed by atoms with Gasteiger partial charge < -0.3 is 10.6 Å². The van der Waals surface area contributed by atoms with Crippen molar-refractivity contribution in [3.05, 3.63) is 5.51 Å². The molecule has 0 saturated carbocycles. The van der Waals surface area contributed by atoms with Gasteiger partial charge in [-0.1, -0.05) is 11.3 Å². The molecule has 0 radical (unpaired) electrons. The fourth-order valence-electron chi connectivity index (χ4n) is 1.41. The normalized spacial score (nSPS) is 29.1. The van der Waals surface area contributed by atoms with E-state index in [1.54, 1.807) is 16.8 Å². The number of rotatable bonds is 2. The lowest BCUT2D eigenvalue weighted by Gasteiger charge is -2.23. The van der Waals surface area contributed by atoms with E-state index in [1.165, 1.54) is 0 Å². The van der Waals surface area contributed by atoms with Crippen molar-refractivity contribution in [1.82, 2.24) is 15.5 Å². The van der Waals surface area contributed by atoms with Crippen LogP contribution in [0.1, 0.15) is 13.3 Å². The van der Waals surface area contributed by atoms with Crippen LogP contribution in [-0.4, -0.2) is 28.8 Å². The molecule has 4 nitrogen and oxygen atoms in total.